The number of hydrogen-bond acceptors (Lipinski definition) is 9. The van der Waals surface area contributed by atoms with Gasteiger partial charge in [-0.3, -0.25) is 9.89 Å². The van der Waals surface area contributed by atoms with E-state index in [4.69, 9.17) is 28.4 Å². The first kappa shape index (κ1) is 23.5. The number of anilines is 1. The lowest BCUT2D eigenvalue weighted by Crippen LogP contribution is -2.37. The Kier molecular flexibility index (Phi) is 5.43. The zero-order chi connectivity index (χ0) is 26.7. The largest absolute Gasteiger partial charge is 0.493 e. The zero-order valence-electron chi connectivity index (χ0n) is 21.6. The van der Waals surface area contributed by atoms with Crippen LogP contribution in [0, 0.1) is 11.8 Å². The lowest BCUT2D eigenvalue weighted by atomic mass is 9.65. The maximum atomic E-state index is 13.4. The SMILES string of the molecule is COc1cc([C@@H]2c3cc4c(cc3[C@@H](Nc3ccc5[nH]ncc5c3)[C@H]3COC(=O)[C@H]23)OCO4)cc(OC)c1OC. The molecule has 0 saturated carbocycles. The standard InChI is InChI=1S/C29H27N3O7/c1-34-23-7-14(8-24(35-2)28(23)36-3)25-17-9-21-22(39-13-38-21)10-18(17)27(19-12-37-29(33)26(19)25)31-16-4-5-20-15(6-16)11-30-32-20/h4-11,19,25-27,31H,12-13H2,1-3H3,(H,30,32)/t19-,25+,26-,27+/m0/s1. The van der Waals surface area contributed by atoms with Gasteiger partial charge >= 0.3 is 5.97 Å². The summed E-state index contributed by atoms with van der Waals surface area (Å²) in [7, 11) is 4.73. The Morgan fingerprint density at radius 3 is 2.38 bits per heavy atom. The van der Waals surface area contributed by atoms with Gasteiger partial charge in [-0.2, -0.15) is 5.10 Å². The van der Waals surface area contributed by atoms with Crippen molar-refractivity contribution in [3.8, 4) is 28.7 Å². The Hall–Kier alpha value is -4.60. The fraction of sp³-hybridized carbons (Fsp3) is 0.310. The van der Waals surface area contributed by atoms with E-state index in [1.165, 1.54) is 0 Å². The lowest BCUT2D eigenvalue weighted by molar-refractivity contribution is -0.141. The van der Waals surface area contributed by atoms with Gasteiger partial charge in [0.1, 0.15) is 0 Å². The quantitative estimate of drug-likeness (QED) is 0.351. The molecule has 1 fully saturated rings. The predicted molar refractivity (Wildman–Crippen MR) is 141 cm³/mol. The van der Waals surface area contributed by atoms with E-state index in [2.05, 4.69) is 15.5 Å². The molecule has 4 aromatic rings. The number of aromatic amines is 1. The first-order valence-corrected chi connectivity index (χ1v) is 12.7. The number of nitrogens with one attached hydrogen (secondary N) is 2. The van der Waals surface area contributed by atoms with Crippen molar-refractivity contribution in [2.75, 3.05) is 40.0 Å². The van der Waals surface area contributed by atoms with Crippen LogP contribution in [0.1, 0.15) is 28.7 Å². The average molecular weight is 530 g/mol. The normalized spacial score (nSPS) is 22.7. The maximum Gasteiger partial charge on any atom is 0.310 e. The molecule has 39 heavy (non-hydrogen) atoms. The van der Waals surface area contributed by atoms with Gasteiger partial charge in [0.05, 0.1) is 51.6 Å². The summed E-state index contributed by atoms with van der Waals surface area (Å²) in [4.78, 5) is 13.4. The highest BCUT2D eigenvalue weighted by molar-refractivity contribution is 5.82. The number of carbonyl (C=O) groups is 1. The van der Waals surface area contributed by atoms with Crippen LogP contribution >= 0.6 is 0 Å². The van der Waals surface area contributed by atoms with Gasteiger partial charge < -0.3 is 33.7 Å². The molecule has 0 spiro atoms. The number of nitrogens with zero attached hydrogens (tertiary/aromatic N) is 1. The third-order valence-electron chi connectivity index (χ3n) is 8.00. The summed E-state index contributed by atoms with van der Waals surface area (Å²) in [6, 6.07) is 13.6. The van der Waals surface area contributed by atoms with Crippen LogP contribution < -0.4 is 29.0 Å². The summed E-state index contributed by atoms with van der Waals surface area (Å²) in [5.41, 5.74) is 4.70. The molecule has 0 amide bonds. The Bertz CT molecular complexity index is 1570. The molecule has 4 atom stereocenters. The summed E-state index contributed by atoms with van der Waals surface area (Å²) in [5, 5.41) is 11.8. The Morgan fingerprint density at radius 1 is 0.923 bits per heavy atom. The second-order valence-corrected chi connectivity index (χ2v) is 9.88. The fourth-order valence-corrected chi connectivity index (χ4v) is 6.24. The number of cyclic esters (lactones) is 1. The monoisotopic (exact) mass is 529 g/mol. The van der Waals surface area contributed by atoms with Crippen molar-refractivity contribution in [2.24, 2.45) is 11.8 Å². The van der Waals surface area contributed by atoms with Crippen molar-refractivity contribution < 1.29 is 33.2 Å². The third kappa shape index (κ3) is 3.62. The molecule has 10 nitrogen and oxygen atoms in total. The summed E-state index contributed by atoms with van der Waals surface area (Å²) in [6.45, 7) is 0.446. The number of hydrogen-bond donors (Lipinski definition) is 2. The molecule has 0 radical (unpaired) electrons. The fourth-order valence-electron chi connectivity index (χ4n) is 6.24. The summed E-state index contributed by atoms with van der Waals surface area (Å²) in [6.07, 6.45) is 1.79. The highest BCUT2D eigenvalue weighted by Gasteiger charge is 2.52. The van der Waals surface area contributed by atoms with Crippen molar-refractivity contribution in [1.29, 1.82) is 0 Å². The minimum absolute atomic E-state index is 0.144. The molecular weight excluding hydrogens is 502 g/mol. The maximum absolute atomic E-state index is 13.4. The topological polar surface area (TPSA) is 113 Å². The molecule has 1 aliphatic carbocycles. The minimum atomic E-state index is -0.448. The van der Waals surface area contributed by atoms with Crippen LogP contribution in [0.5, 0.6) is 28.7 Å². The van der Waals surface area contributed by atoms with Gasteiger partial charge in [-0.15, -0.1) is 0 Å². The average Bonchev–Trinajstić information content (AvgIpc) is 3.71. The summed E-state index contributed by atoms with van der Waals surface area (Å²) >= 11 is 0. The van der Waals surface area contributed by atoms with Crippen LogP contribution in [0.3, 0.4) is 0 Å². The van der Waals surface area contributed by atoms with Crippen LogP contribution in [-0.2, 0) is 9.53 Å². The number of benzene rings is 3. The third-order valence-corrected chi connectivity index (χ3v) is 8.00. The van der Waals surface area contributed by atoms with Crippen molar-refractivity contribution in [3.05, 3.63) is 65.4 Å². The molecule has 1 aromatic heterocycles. The molecule has 0 unspecified atom stereocenters. The van der Waals surface area contributed by atoms with Crippen LogP contribution in [0.25, 0.3) is 10.9 Å². The smallest absolute Gasteiger partial charge is 0.310 e. The van der Waals surface area contributed by atoms with Crippen LogP contribution in [0.15, 0.2) is 48.7 Å². The van der Waals surface area contributed by atoms with Crippen molar-refractivity contribution >= 4 is 22.6 Å². The van der Waals surface area contributed by atoms with E-state index in [0.29, 0.717) is 35.4 Å². The Morgan fingerprint density at radius 2 is 1.67 bits per heavy atom. The second kappa shape index (κ2) is 9.00. The predicted octanol–water partition coefficient (Wildman–Crippen LogP) is 4.41. The first-order valence-electron chi connectivity index (χ1n) is 12.7. The minimum Gasteiger partial charge on any atom is -0.493 e. The summed E-state index contributed by atoms with van der Waals surface area (Å²) < 4.78 is 34.1. The lowest BCUT2D eigenvalue weighted by Gasteiger charge is -2.40. The van der Waals surface area contributed by atoms with Crippen molar-refractivity contribution in [2.45, 2.75) is 12.0 Å². The van der Waals surface area contributed by atoms with Gasteiger partial charge in [0.25, 0.3) is 0 Å². The van der Waals surface area contributed by atoms with E-state index in [0.717, 1.165) is 33.3 Å². The second-order valence-electron chi connectivity index (χ2n) is 9.88. The van der Waals surface area contributed by atoms with Gasteiger partial charge in [-0.05, 0) is 59.2 Å². The number of ether oxygens (including phenoxy) is 6. The number of carbonyl (C=O) groups excluding carboxylic acids is 1. The van der Waals surface area contributed by atoms with Gasteiger partial charge in [-0.1, -0.05) is 0 Å². The Labute approximate surface area is 224 Å². The van der Waals surface area contributed by atoms with Crippen LogP contribution in [0.2, 0.25) is 0 Å². The van der Waals surface area contributed by atoms with Crippen LogP contribution in [-0.4, -0.2) is 50.9 Å². The molecule has 7 rings (SSSR count). The van der Waals surface area contributed by atoms with Gasteiger partial charge in [0, 0.05) is 22.9 Å². The van der Waals surface area contributed by atoms with E-state index < -0.39 is 5.92 Å². The molecule has 200 valence electrons. The zero-order valence-corrected chi connectivity index (χ0v) is 21.6. The van der Waals surface area contributed by atoms with Gasteiger partial charge in [-0.25, -0.2) is 0 Å². The number of fused-ring (bicyclic) bond motifs is 4. The van der Waals surface area contributed by atoms with Crippen molar-refractivity contribution in [3.63, 3.8) is 0 Å². The molecule has 10 heteroatoms. The number of methoxy groups -OCH3 is 3. The summed E-state index contributed by atoms with van der Waals surface area (Å²) in [5.74, 6) is 1.69. The highest BCUT2D eigenvalue weighted by Crippen LogP contribution is 2.56. The number of rotatable bonds is 6. The Balaban J connectivity index is 1.41. The van der Waals surface area contributed by atoms with Crippen molar-refractivity contribution in [1.82, 2.24) is 10.2 Å². The molecule has 1 saturated heterocycles. The van der Waals surface area contributed by atoms with E-state index >= 15 is 0 Å². The van der Waals surface area contributed by atoms with Gasteiger partial charge in [0.2, 0.25) is 12.5 Å². The molecule has 3 aliphatic rings. The van der Waals surface area contributed by atoms with Gasteiger partial charge in [0.15, 0.2) is 23.0 Å². The van der Waals surface area contributed by atoms with E-state index in [1.807, 2.05) is 42.5 Å². The first-order chi connectivity index (χ1) is 19.1. The molecular formula is C29H27N3O7. The molecule has 3 heterocycles. The number of H-pyrrole nitrogens is 1. The van der Waals surface area contributed by atoms with E-state index in [9.17, 15) is 4.79 Å². The molecule has 2 aliphatic heterocycles. The van der Waals surface area contributed by atoms with E-state index in [-0.39, 0.29) is 30.6 Å². The number of aromatic nitrogens is 2. The highest BCUT2D eigenvalue weighted by atomic mass is 16.7. The molecule has 0 bridgehead atoms. The van der Waals surface area contributed by atoms with Crippen LogP contribution in [0.4, 0.5) is 5.69 Å². The number of esters is 1. The molecule has 2 N–H and O–H groups in total. The molecule has 3 aromatic carbocycles. The van der Waals surface area contributed by atoms with E-state index in [1.54, 1.807) is 27.5 Å².